The Balaban J connectivity index is 1.94. The molecular weight excluding hydrogens is 358 g/mol. The number of rotatable bonds is 2. The molecule has 0 unspecified atom stereocenters. The van der Waals surface area contributed by atoms with Crippen LogP contribution in [0.15, 0.2) is 24.3 Å². The van der Waals surface area contributed by atoms with Crippen molar-refractivity contribution in [3.63, 3.8) is 0 Å². The van der Waals surface area contributed by atoms with Gasteiger partial charge < -0.3 is 4.74 Å². The average molecular weight is 371 g/mol. The predicted octanol–water partition coefficient (Wildman–Crippen LogP) is 3.90. The van der Waals surface area contributed by atoms with Crippen LogP contribution < -0.4 is 4.74 Å². The molecule has 0 radical (unpaired) electrons. The molecule has 2 nitrogen and oxygen atoms in total. The van der Waals surface area contributed by atoms with Crippen LogP contribution in [0.1, 0.15) is 18.4 Å². The zero-order valence-corrected chi connectivity index (χ0v) is 11.7. The molecule has 1 aromatic carbocycles. The van der Waals surface area contributed by atoms with E-state index in [1.807, 2.05) is 0 Å². The van der Waals surface area contributed by atoms with E-state index in [9.17, 15) is 13.2 Å². The van der Waals surface area contributed by atoms with Gasteiger partial charge in [-0.1, -0.05) is 0 Å². The third kappa shape index (κ3) is 3.74. The summed E-state index contributed by atoms with van der Waals surface area (Å²) in [5.41, 5.74) is -0.642. The summed E-state index contributed by atoms with van der Waals surface area (Å²) in [6, 6.07) is 4.89. The maximum absolute atomic E-state index is 12.4. The minimum Gasteiger partial charge on any atom is -0.490 e. The molecule has 1 heterocycles. The van der Waals surface area contributed by atoms with E-state index in [0.717, 1.165) is 38.1 Å². The molecule has 1 aliphatic rings. The van der Waals surface area contributed by atoms with E-state index in [0.29, 0.717) is 5.75 Å². The first-order valence-corrected chi connectivity index (χ1v) is 6.66. The molecule has 0 amide bonds. The van der Waals surface area contributed by atoms with Gasteiger partial charge in [-0.3, -0.25) is 0 Å². The SMILES string of the molecule is FC(F)(F)c1ccc(OC2CCN(I)CC2)cc1. The van der Waals surface area contributed by atoms with Crippen molar-refractivity contribution in [2.24, 2.45) is 0 Å². The fourth-order valence-corrected chi connectivity index (χ4v) is 2.41. The lowest BCUT2D eigenvalue weighted by atomic mass is 10.1. The lowest BCUT2D eigenvalue weighted by molar-refractivity contribution is -0.137. The summed E-state index contributed by atoms with van der Waals surface area (Å²) in [6.07, 6.45) is -2.37. The van der Waals surface area contributed by atoms with Crippen molar-refractivity contribution in [1.82, 2.24) is 3.11 Å². The summed E-state index contributed by atoms with van der Waals surface area (Å²) in [7, 11) is 0. The van der Waals surface area contributed by atoms with Gasteiger partial charge in [-0.2, -0.15) is 13.2 Å². The number of piperidine rings is 1. The van der Waals surface area contributed by atoms with Crippen molar-refractivity contribution in [3.05, 3.63) is 29.8 Å². The monoisotopic (exact) mass is 371 g/mol. The van der Waals surface area contributed by atoms with Gasteiger partial charge in [0.15, 0.2) is 0 Å². The number of benzene rings is 1. The number of nitrogens with zero attached hydrogens (tertiary/aromatic N) is 1. The van der Waals surface area contributed by atoms with E-state index in [4.69, 9.17) is 4.74 Å². The second kappa shape index (κ2) is 5.64. The molecule has 18 heavy (non-hydrogen) atoms. The zero-order valence-electron chi connectivity index (χ0n) is 9.58. The third-order valence-corrected chi connectivity index (χ3v) is 3.84. The molecule has 1 fully saturated rings. The largest absolute Gasteiger partial charge is 0.490 e. The van der Waals surface area contributed by atoms with Gasteiger partial charge in [0, 0.05) is 36.0 Å². The molecule has 0 bridgehead atoms. The van der Waals surface area contributed by atoms with Crippen molar-refractivity contribution in [2.45, 2.75) is 25.1 Å². The molecule has 0 aromatic heterocycles. The minimum atomic E-state index is -4.29. The number of hydrogen-bond donors (Lipinski definition) is 0. The Labute approximate surface area is 118 Å². The molecule has 0 atom stereocenters. The molecule has 1 aromatic rings. The maximum Gasteiger partial charge on any atom is 0.416 e. The fourth-order valence-electron chi connectivity index (χ4n) is 1.86. The molecule has 0 aliphatic carbocycles. The van der Waals surface area contributed by atoms with Gasteiger partial charge in [0.05, 0.1) is 5.56 Å². The lowest BCUT2D eigenvalue weighted by Gasteiger charge is -2.28. The van der Waals surface area contributed by atoms with Crippen molar-refractivity contribution in [3.8, 4) is 5.75 Å². The molecule has 0 spiro atoms. The molecule has 1 aliphatic heterocycles. The van der Waals surface area contributed by atoms with Gasteiger partial charge in [0.25, 0.3) is 0 Å². The van der Waals surface area contributed by atoms with Crippen LogP contribution in [0.2, 0.25) is 0 Å². The Morgan fingerprint density at radius 1 is 1.11 bits per heavy atom. The second-order valence-electron chi connectivity index (χ2n) is 4.25. The Kier molecular flexibility index (Phi) is 4.37. The predicted molar refractivity (Wildman–Crippen MR) is 70.7 cm³/mol. The van der Waals surface area contributed by atoms with Crippen LogP contribution in [0.5, 0.6) is 5.75 Å². The summed E-state index contributed by atoms with van der Waals surface area (Å²) < 4.78 is 45.0. The van der Waals surface area contributed by atoms with E-state index < -0.39 is 11.7 Å². The van der Waals surface area contributed by atoms with E-state index in [-0.39, 0.29) is 6.10 Å². The molecular formula is C12H13F3INO. The number of hydrogen-bond acceptors (Lipinski definition) is 2. The highest BCUT2D eigenvalue weighted by Crippen LogP contribution is 2.30. The molecule has 0 saturated carbocycles. The summed E-state index contributed by atoms with van der Waals surface area (Å²) >= 11 is 2.26. The van der Waals surface area contributed by atoms with Crippen LogP contribution >= 0.6 is 22.9 Å². The van der Waals surface area contributed by atoms with Gasteiger partial charge in [-0.25, -0.2) is 3.11 Å². The average Bonchev–Trinajstić information content (AvgIpc) is 2.32. The third-order valence-electron chi connectivity index (χ3n) is 2.87. The van der Waals surface area contributed by atoms with E-state index >= 15 is 0 Å². The quantitative estimate of drug-likeness (QED) is 0.578. The van der Waals surface area contributed by atoms with Crippen LogP contribution in [0.4, 0.5) is 13.2 Å². The van der Waals surface area contributed by atoms with Crippen molar-refractivity contribution in [1.29, 1.82) is 0 Å². The summed E-state index contributed by atoms with van der Waals surface area (Å²) in [5.74, 6) is 0.509. The standard InChI is InChI=1S/C12H13F3INO/c13-12(14,15)9-1-3-10(4-2-9)18-11-5-7-17(16)8-6-11/h1-4,11H,5-8H2. The Hall–Kier alpha value is -0.500. The van der Waals surface area contributed by atoms with Crippen LogP contribution in [-0.2, 0) is 6.18 Å². The second-order valence-corrected chi connectivity index (χ2v) is 5.61. The van der Waals surface area contributed by atoms with Gasteiger partial charge in [-0.05, 0) is 37.1 Å². The summed E-state index contributed by atoms with van der Waals surface area (Å²) in [5, 5.41) is 0. The first-order chi connectivity index (χ1) is 8.45. The number of alkyl halides is 3. The van der Waals surface area contributed by atoms with Crippen molar-refractivity contribution in [2.75, 3.05) is 13.1 Å². The molecule has 100 valence electrons. The zero-order chi connectivity index (χ0) is 13.2. The van der Waals surface area contributed by atoms with E-state index in [2.05, 4.69) is 26.0 Å². The van der Waals surface area contributed by atoms with Crippen molar-refractivity contribution < 1.29 is 17.9 Å². The Morgan fingerprint density at radius 2 is 1.67 bits per heavy atom. The first kappa shape index (κ1) is 13.9. The summed E-state index contributed by atoms with van der Waals surface area (Å²) in [6.45, 7) is 1.90. The molecule has 2 rings (SSSR count). The van der Waals surface area contributed by atoms with Crippen LogP contribution in [0.25, 0.3) is 0 Å². The molecule has 1 saturated heterocycles. The molecule has 0 N–H and O–H groups in total. The topological polar surface area (TPSA) is 12.5 Å². The maximum atomic E-state index is 12.4. The summed E-state index contributed by atoms with van der Waals surface area (Å²) in [4.78, 5) is 0. The lowest BCUT2D eigenvalue weighted by Crippen LogP contribution is -2.32. The minimum absolute atomic E-state index is 0.104. The van der Waals surface area contributed by atoms with Gasteiger partial charge >= 0.3 is 6.18 Å². The van der Waals surface area contributed by atoms with Gasteiger partial charge in [0.2, 0.25) is 0 Å². The van der Waals surface area contributed by atoms with Gasteiger partial charge in [0.1, 0.15) is 11.9 Å². The molecule has 6 heteroatoms. The Bertz CT molecular complexity index is 385. The highest BCUT2D eigenvalue weighted by molar-refractivity contribution is 14.1. The van der Waals surface area contributed by atoms with Crippen LogP contribution in [0, 0.1) is 0 Å². The highest BCUT2D eigenvalue weighted by Gasteiger charge is 2.30. The number of halogens is 4. The Morgan fingerprint density at radius 3 is 2.17 bits per heavy atom. The van der Waals surface area contributed by atoms with Crippen molar-refractivity contribution >= 4 is 22.9 Å². The number of ether oxygens (including phenoxy) is 1. The first-order valence-electron chi connectivity index (χ1n) is 5.70. The van der Waals surface area contributed by atoms with Crippen LogP contribution in [0.3, 0.4) is 0 Å². The van der Waals surface area contributed by atoms with Crippen LogP contribution in [-0.4, -0.2) is 22.3 Å². The van der Waals surface area contributed by atoms with Gasteiger partial charge in [-0.15, -0.1) is 0 Å². The smallest absolute Gasteiger partial charge is 0.416 e. The normalized spacial score (nSPS) is 18.9. The van der Waals surface area contributed by atoms with E-state index in [1.54, 1.807) is 0 Å². The fraction of sp³-hybridized carbons (Fsp3) is 0.500. The van der Waals surface area contributed by atoms with E-state index in [1.165, 1.54) is 12.1 Å². The highest BCUT2D eigenvalue weighted by atomic mass is 127.